The summed E-state index contributed by atoms with van der Waals surface area (Å²) < 4.78 is 0.176. The van der Waals surface area contributed by atoms with Gasteiger partial charge in [-0.15, -0.1) is 11.8 Å². The minimum Gasteiger partial charge on any atom is -0.480 e. The Labute approximate surface area is 140 Å². The van der Waals surface area contributed by atoms with Gasteiger partial charge < -0.3 is 10.4 Å². The van der Waals surface area contributed by atoms with Crippen molar-refractivity contribution in [2.45, 2.75) is 42.6 Å². The number of thioether (sulfide) groups is 2. The number of benzene rings is 1. The van der Waals surface area contributed by atoms with E-state index in [0.29, 0.717) is 17.0 Å². The first-order chi connectivity index (χ1) is 10.2. The number of amides is 1. The fourth-order valence-corrected chi connectivity index (χ4v) is 3.36. The molecule has 4 nitrogen and oxygen atoms in total. The number of rotatable bonds is 7. The van der Waals surface area contributed by atoms with Crippen molar-refractivity contribution in [1.29, 1.82) is 0 Å². The lowest BCUT2D eigenvalue weighted by atomic mass is 10.2. The van der Waals surface area contributed by atoms with Gasteiger partial charge in [0.1, 0.15) is 5.25 Å². The number of carboxylic acids is 1. The summed E-state index contributed by atoms with van der Waals surface area (Å²) in [7, 11) is 0. The zero-order valence-electron chi connectivity index (χ0n) is 13.4. The van der Waals surface area contributed by atoms with Crippen LogP contribution in [-0.4, -0.2) is 39.3 Å². The Kier molecular flexibility index (Phi) is 7.29. The SMILES string of the molecule is CC(Sc1ccccc1C(=O)NCCSC(C)(C)C)C(=O)O. The van der Waals surface area contributed by atoms with Crippen molar-refractivity contribution in [3.8, 4) is 0 Å². The average molecular weight is 341 g/mol. The predicted molar refractivity (Wildman–Crippen MR) is 93.9 cm³/mol. The molecule has 0 heterocycles. The number of nitrogens with one attached hydrogen (secondary N) is 1. The molecule has 0 spiro atoms. The van der Waals surface area contributed by atoms with Crippen LogP contribution in [-0.2, 0) is 4.79 Å². The Bertz CT molecular complexity index is 526. The minimum absolute atomic E-state index is 0.157. The zero-order valence-corrected chi connectivity index (χ0v) is 15.0. The van der Waals surface area contributed by atoms with Gasteiger partial charge in [-0.05, 0) is 19.1 Å². The van der Waals surface area contributed by atoms with E-state index < -0.39 is 11.2 Å². The maximum Gasteiger partial charge on any atom is 0.316 e. The minimum atomic E-state index is -0.887. The number of aliphatic carboxylic acids is 1. The molecule has 0 bridgehead atoms. The van der Waals surface area contributed by atoms with Gasteiger partial charge in [0, 0.05) is 21.9 Å². The lowest BCUT2D eigenvalue weighted by Crippen LogP contribution is -2.27. The lowest BCUT2D eigenvalue weighted by Gasteiger charge is -2.17. The summed E-state index contributed by atoms with van der Waals surface area (Å²) in [4.78, 5) is 23.9. The highest BCUT2D eigenvalue weighted by molar-refractivity contribution is 8.00. The molecule has 0 fully saturated rings. The number of hydrogen-bond acceptors (Lipinski definition) is 4. The molecule has 1 rings (SSSR count). The third-order valence-corrected chi connectivity index (χ3v) is 5.15. The normalized spacial score (nSPS) is 12.7. The van der Waals surface area contributed by atoms with Crippen LogP contribution in [0.15, 0.2) is 29.2 Å². The van der Waals surface area contributed by atoms with E-state index in [4.69, 9.17) is 5.11 Å². The van der Waals surface area contributed by atoms with E-state index in [0.717, 1.165) is 5.75 Å². The van der Waals surface area contributed by atoms with Crippen molar-refractivity contribution < 1.29 is 14.7 Å². The highest BCUT2D eigenvalue weighted by atomic mass is 32.2. The fourth-order valence-electron chi connectivity index (χ4n) is 1.61. The smallest absolute Gasteiger partial charge is 0.316 e. The molecule has 0 saturated carbocycles. The van der Waals surface area contributed by atoms with E-state index in [1.54, 1.807) is 36.9 Å². The molecule has 1 unspecified atom stereocenters. The maximum atomic E-state index is 12.3. The Morgan fingerprint density at radius 2 is 1.91 bits per heavy atom. The molecule has 0 aliphatic carbocycles. The van der Waals surface area contributed by atoms with Crippen molar-refractivity contribution >= 4 is 35.4 Å². The Balaban J connectivity index is 2.63. The Morgan fingerprint density at radius 1 is 1.27 bits per heavy atom. The first-order valence-electron chi connectivity index (χ1n) is 7.11. The molecular weight excluding hydrogens is 318 g/mol. The summed E-state index contributed by atoms with van der Waals surface area (Å²) in [6.45, 7) is 8.62. The summed E-state index contributed by atoms with van der Waals surface area (Å²) in [6, 6.07) is 7.10. The molecule has 1 aromatic rings. The van der Waals surface area contributed by atoms with E-state index in [2.05, 4.69) is 26.1 Å². The van der Waals surface area contributed by atoms with Crippen LogP contribution in [0.5, 0.6) is 0 Å². The number of carbonyl (C=O) groups excluding carboxylic acids is 1. The molecule has 6 heteroatoms. The topological polar surface area (TPSA) is 66.4 Å². The van der Waals surface area contributed by atoms with E-state index in [9.17, 15) is 9.59 Å². The molecule has 1 amide bonds. The summed E-state index contributed by atoms with van der Waals surface area (Å²) >= 11 is 2.98. The molecule has 122 valence electrons. The van der Waals surface area contributed by atoms with Crippen LogP contribution in [0.1, 0.15) is 38.1 Å². The number of hydrogen-bond donors (Lipinski definition) is 2. The molecule has 0 aliphatic rings. The van der Waals surface area contributed by atoms with Gasteiger partial charge in [0.05, 0.1) is 5.56 Å². The third kappa shape index (κ3) is 6.75. The van der Waals surface area contributed by atoms with Gasteiger partial charge in [0.2, 0.25) is 0 Å². The van der Waals surface area contributed by atoms with Gasteiger partial charge in [-0.2, -0.15) is 11.8 Å². The summed E-state index contributed by atoms with van der Waals surface area (Å²) in [5.41, 5.74) is 0.529. The molecular formula is C16H23NO3S2. The van der Waals surface area contributed by atoms with Crippen LogP contribution in [0.25, 0.3) is 0 Å². The van der Waals surface area contributed by atoms with Crippen molar-refractivity contribution in [2.24, 2.45) is 0 Å². The van der Waals surface area contributed by atoms with Crippen LogP contribution in [0, 0.1) is 0 Å². The second-order valence-electron chi connectivity index (χ2n) is 5.81. The van der Waals surface area contributed by atoms with Gasteiger partial charge in [0.25, 0.3) is 5.91 Å². The maximum absolute atomic E-state index is 12.3. The second kappa shape index (κ2) is 8.48. The monoisotopic (exact) mass is 341 g/mol. The molecule has 2 N–H and O–H groups in total. The third-order valence-electron chi connectivity index (χ3n) is 2.71. The lowest BCUT2D eigenvalue weighted by molar-refractivity contribution is -0.136. The first kappa shape index (κ1) is 18.9. The van der Waals surface area contributed by atoms with Gasteiger partial charge >= 0.3 is 5.97 Å². The standard InChI is InChI=1S/C16H23NO3S2/c1-11(15(19)20)22-13-8-6-5-7-12(13)14(18)17-9-10-21-16(2,3)4/h5-8,11H,9-10H2,1-4H3,(H,17,18)(H,19,20). The van der Waals surface area contributed by atoms with Crippen molar-refractivity contribution in [2.75, 3.05) is 12.3 Å². The van der Waals surface area contributed by atoms with Gasteiger partial charge in [0.15, 0.2) is 0 Å². The Morgan fingerprint density at radius 3 is 2.50 bits per heavy atom. The van der Waals surface area contributed by atoms with Gasteiger partial charge in [-0.25, -0.2) is 0 Å². The van der Waals surface area contributed by atoms with Crippen LogP contribution in [0.4, 0.5) is 0 Å². The van der Waals surface area contributed by atoms with Gasteiger partial charge in [-0.1, -0.05) is 32.9 Å². The van der Waals surface area contributed by atoms with E-state index >= 15 is 0 Å². The molecule has 1 atom stereocenters. The molecule has 1 aromatic carbocycles. The highest BCUT2D eigenvalue weighted by Crippen LogP contribution is 2.27. The highest BCUT2D eigenvalue weighted by Gasteiger charge is 2.17. The molecule has 0 aromatic heterocycles. The number of carbonyl (C=O) groups is 2. The molecule has 0 saturated heterocycles. The summed E-state index contributed by atoms with van der Waals surface area (Å²) in [5, 5.41) is 11.3. The van der Waals surface area contributed by atoms with Crippen molar-refractivity contribution in [3.05, 3.63) is 29.8 Å². The van der Waals surface area contributed by atoms with E-state index in [-0.39, 0.29) is 10.7 Å². The summed E-state index contributed by atoms with van der Waals surface area (Å²) in [6.07, 6.45) is 0. The van der Waals surface area contributed by atoms with Crippen LogP contribution >= 0.6 is 23.5 Å². The Hall–Kier alpha value is -1.14. The number of carboxylic acid groups (broad SMARTS) is 1. The van der Waals surface area contributed by atoms with E-state index in [1.165, 1.54) is 11.8 Å². The van der Waals surface area contributed by atoms with Crippen LogP contribution in [0.2, 0.25) is 0 Å². The van der Waals surface area contributed by atoms with E-state index in [1.807, 2.05) is 6.07 Å². The van der Waals surface area contributed by atoms with Crippen molar-refractivity contribution in [3.63, 3.8) is 0 Å². The van der Waals surface area contributed by atoms with Crippen LogP contribution in [0.3, 0.4) is 0 Å². The molecule has 0 radical (unpaired) electrons. The quantitative estimate of drug-likeness (QED) is 0.587. The first-order valence-corrected chi connectivity index (χ1v) is 8.98. The zero-order chi connectivity index (χ0) is 16.8. The van der Waals surface area contributed by atoms with Crippen LogP contribution < -0.4 is 5.32 Å². The second-order valence-corrected chi connectivity index (χ2v) is 9.12. The average Bonchev–Trinajstić information content (AvgIpc) is 2.42. The largest absolute Gasteiger partial charge is 0.480 e. The fraction of sp³-hybridized carbons (Fsp3) is 0.500. The predicted octanol–water partition coefficient (Wildman–Crippen LogP) is 3.51. The molecule has 22 heavy (non-hydrogen) atoms. The molecule has 0 aliphatic heterocycles. The van der Waals surface area contributed by atoms with Crippen molar-refractivity contribution in [1.82, 2.24) is 5.32 Å². The van der Waals surface area contributed by atoms with Gasteiger partial charge in [-0.3, -0.25) is 9.59 Å². The summed E-state index contributed by atoms with van der Waals surface area (Å²) in [5.74, 6) is -0.201.